The molecular formula is C16H13N3O2. The average molecular weight is 279 g/mol. The van der Waals surface area contributed by atoms with Crippen LogP contribution in [0.5, 0.6) is 0 Å². The fraction of sp³-hybridized carbons (Fsp3) is 0.0625. The molecule has 0 bridgehead atoms. The van der Waals surface area contributed by atoms with Crippen LogP contribution in [0.15, 0.2) is 64.5 Å². The maximum atomic E-state index is 12.2. The Bertz CT molecular complexity index is 931. The topological polar surface area (TPSA) is 67.5 Å². The first-order chi connectivity index (χ1) is 10.2. The summed E-state index contributed by atoms with van der Waals surface area (Å²) in [6.07, 6.45) is 0. The minimum absolute atomic E-state index is 0.229. The SMILES string of the molecule is Cn1c(=O)/c(=N\O)nc(-c2ccccc2)c2ccccc21. The molecular weight excluding hydrogens is 266 g/mol. The Labute approximate surface area is 120 Å². The van der Waals surface area contributed by atoms with E-state index in [1.807, 2.05) is 54.6 Å². The van der Waals surface area contributed by atoms with Gasteiger partial charge in [-0.05, 0) is 6.07 Å². The van der Waals surface area contributed by atoms with Crippen molar-refractivity contribution in [1.29, 1.82) is 0 Å². The van der Waals surface area contributed by atoms with E-state index < -0.39 is 5.56 Å². The lowest BCUT2D eigenvalue weighted by Gasteiger charge is -2.02. The van der Waals surface area contributed by atoms with Crippen LogP contribution in [0.1, 0.15) is 0 Å². The highest BCUT2D eigenvalue weighted by Gasteiger charge is 2.09. The Hall–Kier alpha value is -2.95. The Morgan fingerprint density at radius 1 is 1.05 bits per heavy atom. The third-order valence-corrected chi connectivity index (χ3v) is 3.38. The molecule has 0 atom stereocenters. The lowest BCUT2D eigenvalue weighted by atomic mass is 10.1. The molecule has 5 nitrogen and oxygen atoms in total. The number of nitrogens with zero attached hydrogens (tertiary/aromatic N) is 3. The van der Waals surface area contributed by atoms with Gasteiger partial charge in [0, 0.05) is 18.0 Å². The predicted octanol–water partition coefficient (Wildman–Crippen LogP) is 1.89. The average Bonchev–Trinajstić information content (AvgIpc) is 2.65. The molecule has 0 amide bonds. The number of para-hydroxylation sites is 1. The van der Waals surface area contributed by atoms with Crippen LogP contribution in [0.4, 0.5) is 0 Å². The van der Waals surface area contributed by atoms with Gasteiger partial charge in [-0.3, -0.25) is 4.79 Å². The fourth-order valence-electron chi connectivity index (χ4n) is 2.32. The minimum Gasteiger partial charge on any atom is -0.409 e. The van der Waals surface area contributed by atoms with E-state index >= 15 is 0 Å². The normalized spacial score (nSPS) is 11.8. The van der Waals surface area contributed by atoms with Crippen LogP contribution in [-0.4, -0.2) is 14.8 Å². The van der Waals surface area contributed by atoms with Crippen LogP contribution in [-0.2, 0) is 7.05 Å². The molecule has 0 aliphatic carbocycles. The highest BCUT2D eigenvalue weighted by Crippen LogP contribution is 2.23. The Morgan fingerprint density at radius 2 is 1.71 bits per heavy atom. The summed E-state index contributed by atoms with van der Waals surface area (Å²) in [5, 5.41) is 12.9. The molecule has 5 heteroatoms. The van der Waals surface area contributed by atoms with Gasteiger partial charge in [-0.25, -0.2) is 4.98 Å². The van der Waals surface area contributed by atoms with E-state index in [2.05, 4.69) is 10.1 Å². The molecule has 1 aromatic heterocycles. The Balaban J connectivity index is 2.60. The largest absolute Gasteiger partial charge is 0.409 e. The number of fused-ring (bicyclic) bond motifs is 1. The first-order valence-electron chi connectivity index (χ1n) is 6.46. The van der Waals surface area contributed by atoms with Crippen LogP contribution < -0.4 is 11.0 Å². The molecule has 0 saturated heterocycles. The van der Waals surface area contributed by atoms with Gasteiger partial charge in [0.1, 0.15) is 0 Å². The van der Waals surface area contributed by atoms with Gasteiger partial charge in [-0.2, -0.15) is 0 Å². The zero-order valence-electron chi connectivity index (χ0n) is 11.4. The second-order valence-corrected chi connectivity index (χ2v) is 4.63. The van der Waals surface area contributed by atoms with Gasteiger partial charge in [0.05, 0.1) is 11.2 Å². The molecule has 3 aromatic rings. The predicted molar refractivity (Wildman–Crippen MR) is 79.8 cm³/mol. The third kappa shape index (κ3) is 2.18. The summed E-state index contributed by atoms with van der Waals surface area (Å²) in [6.45, 7) is 0. The van der Waals surface area contributed by atoms with Crippen molar-refractivity contribution in [2.75, 3.05) is 0 Å². The maximum absolute atomic E-state index is 12.2. The van der Waals surface area contributed by atoms with E-state index in [1.165, 1.54) is 4.57 Å². The van der Waals surface area contributed by atoms with Crippen molar-refractivity contribution in [2.24, 2.45) is 12.2 Å². The second-order valence-electron chi connectivity index (χ2n) is 4.63. The summed E-state index contributed by atoms with van der Waals surface area (Å²) in [4.78, 5) is 16.5. The van der Waals surface area contributed by atoms with Gasteiger partial charge in [-0.15, -0.1) is 0 Å². The van der Waals surface area contributed by atoms with E-state index in [4.69, 9.17) is 5.21 Å². The quantitative estimate of drug-likeness (QED) is 0.546. The van der Waals surface area contributed by atoms with Gasteiger partial charge in [-0.1, -0.05) is 53.7 Å². The molecule has 21 heavy (non-hydrogen) atoms. The molecule has 0 radical (unpaired) electrons. The van der Waals surface area contributed by atoms with Crippen LogP contribution in [0.2, 0.25) is 0 Å². The summed E-state index contributed by atoms with van der Waals surface area (Å²) in [7, 11) is 1.63. The fourth-order valence-corrected chi connectivity index (χ4v) is 2.32. The molecule has 0 aliphatic heterocycles. The third-order valence-electron chi connectivity index (χ3n) is 3.38. The molecule has 0 spiro atoms. The van der Waals surface area contributed by atoms with Crippen molar-refractivity contribution >= 4 is 10.9 Å². The first-order valence-corrected chi connectivity index (χ1v) is 6.46. The zero-order valence-corrected chi connectivity index (χ0v) is 11.4. The number of aryl methyl sites for hydroxylation is 1. The number of benzene rings is 2. The van der Waals surface area contributed by atoms with Crippen molar-refractivity contribution < 1.29 is 5.21 Å². The Kier molecular flexibility index (Phi) is 3.23. The summed E-state index contributed by atoms with van der Waals surface area (Å²) >= 11 is 0. The molecule has 1 N–H and O–H groups in total. The van der Waals surface area contributed by atoms with E-state index in [0.717, 1.165) is 16.5 Å². The van der Waals surface area contributed by atoms with Crippen molar-refractivity contribution in [3.05, 3.63) is 70.4 Å². The number of hydrogen-bond donors (Lipinski definition) is 1. The lowest BCUT2D eigenvalue weighted by molar-refractivity contribution is 0.297. The first kappa shape index (κ1) is 13.1. The number of hydrogen-bond acceptors (Lipinski definition) is 4. The van der Waals surface area contributed by atoms with Crippen molar-refractivity contribution in [1.82, 2.24) is 9.55 Å². The van der Waals surface area contributed by atoms with Crippen molar-refractivity contribution in [3.8, 4) is 11.3 Å². The van der Waals surface area contributed by atoms with Gasteiger partial charge < -0.3 is 9.77 Å². The lowest BCUT2D eigenvalue weighted by Crippen LogP contribution is -2.32. The second kappa shape index (κ2) is 5.20. The molecule has 0 saturated carbocycles. The number of aromatic nitrogens is 2. The van der Waals surface area contributed by atoms with E-state index in [0.29, 0.717) is 5.69 Å². The summed E-state index contributed by atoms with van der Waals surface area (Å²) < 4.78 is 1.43. The van der Waals surface area contributed by atoms with Gasteiger partial charge in [0.25, 0.3) is 11.0 Å². The molecule has 104 valence electrons. The standard InChI is InChI=1S/C16H13N3O2/c1-19-13-10-6-5-9-12(13)14(11-7-3-2-4-8-11)17-15(18-21)16(19)20/h2-10,21H,1H3/b18-15+. The van der Waals surface area contributed by atoms with Gasteiger partial charge in [0.15, 0.2) is 0 Å². The monoisotopic (exact) mass is 279 g/mol. The molecule has 1 heterocycles. The Morgan fingerprint density at radius 3 is 2.43 bits per heavy atom. The van der Waals surface area contributed by atoms with Gasteiger partial charge in [0.2, 0.25) is 0 Å². The van der Waals surface area contributed by atoms with E-state index in [-0.39, 0.29) is 5.49 Å². The molecule has 0 fully saturated rings. The van der Waals surface area contributed by atoms with Crippen LogP contribution in [0.25, 0.3) is 22.2 Å². The molecule has 0 aliphatic rings. The molecule has 2 aromatic carbocycles. The molecule has 3 rings (SSSR count). The maximum Gasteiger partial charge on any atom is 0.299 e. The van der Waals surface area contributed by atoms with Gasteiger partial charge >= 0.3 is 0 Å². The smallest absolute Gasteiger partial charge is 0.299 e. The van der Waals surface area contributed by atoms with Crippen molar-refractivity contribution in [3.63, 3.8) is 0 Å². The summed E-state index contributed by atoms with van der Waals surface area (Å²) in [5.41, 5.74) is 1.51. The summed E-state index contributed by atoms with van der Waals surface area (Å²) in [5.74, 6) is 0. The molecule has 0 unspecified atom stereocenters. The van der Waals surface area contributed by atoms with Crippen LogP contribution in [0, 0.1) is 0 Å². The number of rotatable bonds is 1. The summed E-state index contributed by atoms with van der Waals surface area (Å²) in [6, 6.07) is 17.0. The van der Waals surface area contributed by atoms with Crippen molar-refractivity contribution in [2.45, 2.75) is 0 Å². The highest BCUT2D eigenvalue weighted by atomic mass is 16.4. The van der Waals surface area contributed by atoms with E-state index in [9.17, 15) is 4.79 Å². The highest BCUT2D eigenvalue weighted by molar-refractivity contribution is 5.91. The van der Waals surface area contributed by atoms with E-state index in [1.54, 1.807) is 7.05 Å². The van der Waals surface area contributed by atoms with Crippen LogP contribution in [0.3, 0.4) is 0 Å². The van der Waals surface area contributed by atoms with Crippen LogP contribution >= 0.6 is 0 Å². The minimum atomic E-state index is -0.448. The zero-order chi connectivity index (χ0) is 14.8.